The summed E-state index contributed by atoms with van der Waals surface area (Å²) in [7, 11) is 0. The number of carboxylic acid groups (broad SMARTS) is 1. The number of hydrogen-bond acceptors (Lipinski definition) is 4. The molecule has 0 spiro atoms. The van der Waals surface area contributed by atoms with Gasteiger partial charge in [-0.05, 0) is 43.3 Å². The Morgan fingerprint density at radius 3 is 2.11 bits per heavy atom. The van der Waals surface area contributed by atoms with E-state index in [9.17, 15) is 18.4 Å². The quantitative estimate of drug-likeness (QED) is 0.413. The fraction of sp³-hybridized carbons (Fsp3) is 0.259. The summed E-state index contributed by atoms with van der Waals surface area (Å²) in [6, 6.07) is 14.1. The van der Waals surface area contributed by atoms with Crippen molar-refractivity contribution in [2.24, 2.45) is 0 Å². The maximum absolute atomic E-state index is 12.9. The van der Waals surface area contributed by atoms with Crippen molar-refractivity contribution in [1.29, 1.82) is 0 Å². The van der Waals surface area contributed by atoms with Crippen LogP contribution in [0.15, 0.2) is 92.9 Å². The van der Waals surface area contributed by atoms with Crippen LogP contribution in [0.5, 0.6) is 5.75 Å². The number of hydrogen-bond donors (Lipinski definition) is 2. The number of anilines is 1. The molecule has 198 valence electrons. The van der Waals surface area contributed by atoms with Gasteiger partial charge in [0, 0.05) is 24.9 Å². The van der Waals surface area contributed by atoms with E-state index in [1.54, 1.807) is 30.3 Å². The fourth-order valence-electron chi connectivity index (χ4n) is 2.52. The van der Waals surface area contributed by atoms with Crippen LogP contribution in [0.3, 0.4) is 0 Å². The highest BCUT2D eigenvalue weighted by Gasteiger charge is 2.32. The van der Waals surface area contributed by atoms with E-state index in [-0.39, 0.29) is 25.8 Å². The number of phenols is 1. The smallest absolute Gasteiger partial charge is 0.414 e. The summed E-state index contributed by atoms with van der Waals surface area (Å²) in [5.41, 5.74) is 0.493. The summed E-state index contributed by atoms with van der Waals surface area (Å²) in [6.45, 7) is 15.5. The van der Waals surface area contributed by atoms with Crippen LogP contribution < -0.4 is 4.90 Å². The molecule has 1 aliphatic rings. The number of ether oxygens (including phenoxy) is 1. The molecule has 1 unspecified atom stereocenters. The molecule has 2 amide bonds. The van der Waals surface area contributed by atoms with Gasteiger partial charge in [0.05, 0.1) is 6.54 Å². The van der Waals surface area contributed by atoms with Crippen LogP contribution in [0, 0.1) is 5.82 Å². The second-order valence-electron chi connectivity index (χ2n) is 6.38. The Kier molecular flexibility index (Phi) is 20.2. The molecule has 0 bridgehead atoms. The second kappa shape index (κ2) is 21.4. The average Bonchev–Trinajstić information content (AvgIpc) is 3.26. The third kappa shape index (κ3) is 14.2. The number of benzene rings is 2. The molecule has 3 rings (SSSR count). The van der Waals surface area contributed by atoms with Crippen LogP contribution in [0.4, 0.5) is 24.1 Å². The summed E-state index contributed by atoms with van der Waals surface area (Å²) in [5.74, 6) is -0.0922. The van der Waals surface area contributed by atoms with Crippen LogP contribution >= 0.6 is 0 Å². The average molecular weight is 507 g/mol. The molecule has 36 heavy (non-hydrogen) atoms. The number of carbonyl (C=O) groups is 2. The van der Waals surface area contributed by atoms with Crippen LogP contribution in [0.25, 0.3) is 0 Å². The van der Waals surface area contributed by atoms with Crippen molar-refractivity contribution in [2.45, 2.75) is 33.3 Å². The van der Waals surface area contributed by atoms with Gasteiger partial charge in [-0.3, -0.25) is 9.80 Å². The normalized spacial score (nSPS) is 13.2. The largest absolute Gasteiger partial charge is 0.508 e. The van der Waals surface area contributed by atoms with E-state index in [4.69, 9.17) is 14.9 Å². The molecule has 0 radical (unpaired) electrons. The highest BCUT2D eigenvalue weighted by Crippen LogP contribution is 2.23. The first-order valence-electron chi connectivity index (χ1n) is 11.1. The highest BCUT2D eigenvalue weighted by molar-refractivity contribution is 5.89. The standard InChI is InChI=1S/C14H14F2N2O4.C6H6O.C3H6.C2H6.C2H4/c15-6-8-17(13(19)20)7-5-12-9-18(14(21)22-12)11-3-1-10(16)2-4-11;7-6-4-2-1-3-5-6;1-3-2;2*1-2/h1-4,6,8,12H,5,7,9H2,(H,19,20);1-5,7H;3H,1H2,2H3;1-2H3;1-2H2/b8-6+;;;;. The van der Waals surface area contributed by atoms with E-state index in [1.165, 1.54) is 29.2 Å². The van der Waals surface area contributed by atoms with Gasteiger partial charge in [0.2, 0.25) is 0 Å². The molecule has 7 nitrogen and oxygen atoms in total. The van der Waals surface area contributed by atoms with Crippen LogP contribution in [-0.4, -0.2) is 46.5 Å². The maximum atomic E-state index is 12.9. The number of aromatic hydroxyl groups is 1. The summed E-state index contributed by atoms with van der Waals surface area (Å²) < 4.78 is 30.1. The molecule has 0 aliphatic carbocycles. The van der Waals surface area contributed by atoms with Crippen molar-refractivity contribution in [3.8, 4) is 5.75 Å². The molecule has 1 heterocycles. The van der Waals surface area contributed by atoms with E-state index < -0.39 is 24.1 Å². The molecule has 9 heteroatoms. The zero-order valence-corrected chi connectivity index (χ0v) is 21.0. The predicted octanol–water partition coefficient (Wildman–Crippen LogP) is 7.37. The van der Waals surface area contributed by atoms with Gasteiger partial charge in [0.25, 0.3) is 0 Å². The first-order chi connectivity index (χ1) is 17.3. The van der Waals surface area contributed by atoms with Gasteiger partial charge in [-0.1, -0.05) is 38.1 Å². The molecule has 2 aromatic carbocycles. The molecule has 1 fully saturated rings. The minimum atomic E-state index is -1.30. The van der Waals surface area contributed by atoms with E-state index in [0.29, 0.717) is 11.4 Å². The first kappa shape index (κ1) is 34.0. The molecule has 0 aromatic heterocycles. The van der Waals surface area contributed by atoms with Crippen molar-refractivity contribution in [2.75, 3.05) is 18.0 Å². The van der Waals surface area contributed by atoms with E-state index in [0.717, 1.165) is 11.1 Å². The van der Waals surface area contributed by atoms with Crippen molar-refractivity contribution < 1.29 is 33.3 Å². The number of rotatable bonds is 5. The number of para-hydroxylation sites is 1. The third-order valence-electron chi connectivity index (χ3n) is 3.94. The Hall–Kier alpha value is -4.14. The number of amides is 2. The molecule has 2 aromatic rings. The predicted molar refractivity (Wildman–Crippen MR) is 140 cm³/mol. The second-order valence-corrected chi connectivity index (χ2v) is 6.38. The maximum Gasteiger partial charge on any atom is 0.414 e. The van der Waals surface area contributed by atoms with Gasteiger partial charge in [-0.2, -0.15) is 0 Å². The third-order valence-corrected chi connectivity index (χ3v) is 3.94. The summed E-state index contributed by atoms with van der Waals surface area (Å²) >= 11 is 0. The van der Waals surface area contributed by atoms with E-state index >= 15 is 0 Å². The molecule has 1 saturated heterocycles. The van der Waals surface area contributed by atoms with Gasteiger partial charge in [-0.25, -0.2) is 18.4 Å². The molecule has 1 aliphatic heterocycles. The Balaban J connectivity index is 0. The number of phenolic OH excluding ortho intramolecular Hbond substituents is 1. The highest BCUT2D eigenvalue weighted by atomic mass is 19.1. The van der Waals surface area contributed by atoms with Gasteiger partial charge in [-0.15, -0.1) is 19.7 Å². The molecular formula is C27H36F2N2O5. The Morgan fingerprint density at radius 2 is 1.69 bits per heavy atom. The molecule has 0 saturated carbocycles. The Labute approximate surface area is 212 Å². The summed E-state index contributed by atoms with van der Waals surface area (Å²) in [5, 5.41) is 17.5. The van der Waals surface area contributed by atoms with Crippen molar-refractivity contribution in [3.63, 3.8) is 0 Å². The lowest BCUT2D eigenvalue weighted by molar-refractivity contribution is 0.126. The van der Waals surface area contributed by atoms with Crippen LogP contribution in [0.2, 0.25) is 0 Å². The molecular weight excluding hydrogens is 470 g/mol. The topological polar surface area (TPSA) is 90.3 Å². The van der Waals surface area contributed by atoms with Crippen molar-refractivity contribution in [1.82, 2.24) is 4.90 Å². The Bertz CT molecular complexity index is 893. The lowest BCUT2D eigenvalue weighted by Gasteiger charge is -2.16. The summed E-state index contributed by atoms with van der Waals surface area (Å²) in [4.78, 5) is 24.7. The lowest BCUT2D eigenvalue weighted by Crippen LogP contribution is -2.29. The van der Waals surface area contributed by atoms with E-state index in [2.05, 4.69) is 19.7 Å². The zero-order valence-electron chi connectivity index (χ0n) is 21.0. The monoisotopic (exact) mass is 506 g/mol. The number of halogens is 2. The van der Waals surface area contributed by atoms with Gasteiger partial charge in [0.15, 0.2) is 0 Å². The molecule has 1 atom stereocenters. The van der Waals surface area contributed by atoms with Gasteiger partial charge in [0.1, 0.15) is 24.0 Å². The SMILES string of the molecule is C=C.C=CC.CC.O=C(O)N(/C=C/F)CCC1CN(c2ccc(F)cc2)C(=O)O1.Oc1ccccc1. The minimum Gasteiger partial charge on any atom is -0.508 e. The lowest BCUT2D eigenvalue weighted by atomic mass is 10.2. The molecule has 2 N–H and O–H groups in total. The zero-order chi connectivity index (χ0) is 27.9. The Morgan fingerprint density at radius 1 is 1.17 bits per heavy atom. The van der Waals surface area contributed by atoms with Gasteiger partial charge >= 0.3 is 12.2 Å². The first-order valence-corrected chi connectivity index (χ1v) is 11.1. The van der Waals surface area contributed by atoms with E-state index in [1.807, 2.05) is 26.8 Å². The van der Waals surface area contributed by atoms with Crippen LogP contribution in [-0.2, 0) is 4.74 Å². The van der Waals surface area contributed by atoms with Gasteiger partial charge < -0.3 is 14.9 Å². The fourth-order valence-corrected chi connectivity index (χ4v) is 2.52. The van der Waals surface area contributed by atoms with Crippen LogP contribution in [0.1, 0.15) is 27.2 Å². The van der Waals surface area contributed by atoms with Crippen molar-refractivity contribution in [3.05, 3.63) is 98.8 Å². The summed E-state index contributed by atoms with van der Waals surface area (Å²) in [6.07, 6.45) is 0.483. The number of carbonyl (C=O) groups excluding carboxylic acids is 1. The minimum absolute atomic E-state index is 0.00897. The van der Waals surface area contributed by atoms with Crippen molar-refractivity contribution >= 4 is 17.9 Å². The number of allylic oxidation sites excluding steroid dienone is 1. The number of cyclic esters (lactones) is 1. The number of nitrogens with zero attached hydrogens (tertiary/aromatic N) is 2.